The summed E-state index contributed by atoms with van der Waals surface area (Å²) in [5.41, 5.74) is 1.37. The number of methoxy groups -OCH3 is 1. The van der Waals surface area contributed by atoms with Crippen LogP contribution in [0, 0.1) is 0 Å². The SMILES string of the molecule is COc1ccccc1Oc1c(NS(=O)/C=C/c2ccccc2)nc(N2CCOCC2)nc1OCCOC(=O)Nc1cccnc1. The highest BCUT2D eigenvalue weighted by Gasteiger charge is 2.24. The Morgan fingerprint density at radius 2 is 1.78 bits per heavy atom. The van der Waals surface area contributed by atoms with Gasteiger partial charge in [0.2, 0.25) is 11.7 Å². The molecule has 1 saturated heterocycles. The fourth-order valence-corrected chi connectivity index (χ4v) is 4.77. The summed E-state index contributed by atoms with van der Waals surface area (Å²) >= 11 is 0. The highest BCUT2D eigenvalue weighted by Crippen LogP contribution is 2.41. The summed E-state index contributed by atoms with van der Waals surface area (Å²) < 4.78 is 44.7. The standard InChI is InChI=1S/C31H32N6O7S/c1-40-25-11-5-6-12-26(25)44-27-28(36-45(39)21-13-23-8-3-2-4-9-23)34-30(37-15-17-41-18-16-37)35-29(27)42-19-20-43-31(38)33-24-10-7-14-32-22-24/h2-14,21-22H,15-20H2,1H3,(H,33,38)(H,34,35,36)/b21-13+. The number of aromatic nitrogens is 3. The first-order valence-electron chi connectivity index (χ1n) is 14.0. The molecule has 0 aliphatic carbocycles. The minimum Gasteiger partial charge on any atom is -0.493 e. The lowest BCUT2D eigenvalue weighted by atomic mass is 10.2. The van der Waals surface area contributed by atoms with Gasteiger partial charge < -0.3 is 28.6 Å². The summed E-state index contributed by atoms with van der Waals surface area (Å²) in [5.74, 6) is 1.36. The van der Waals surface area contributed by atoms with Crippen molar-refractivity contribution in [3.63, 3.8) is 0 Å². The second kappa shape index (κ2) is 16.0. The summed E-state index contributed by atoms with van der Waals surface area (Å²) in [6.45, 7) is 1.89. The lowest BCUT2D eigenvalue weighted by Crippen LogP contribution is -2.37. The molecule has 1 fully saturated rings. The van der Waals surface area contributed by atoms with Gasteiger partial charge in [0.05, 0.1) is 32.2 Å². The van der Waals surface area contributed by atoms with E-state index in [1.807, 2.05) is 35.2 Å². The molecule has 2 aromatic carbocycles. The Morgan fingerprint density at radius 3 is 2.53 bits per heavy atom. The molecule has 2 aromatic heterocycles. The van der Waals surface area contributed by atoms with Crippen molar-refractivity contribution in [1.29, 1.82) is 0 Å². The molecule has 13 nitrogen and oxygen atoms in total. The van der Waals surface area contributed by atoms with Crippen molar-refractivity contribution in [2.45, 2.75) is 0 Å². The van der Waals surface area contributed by atoms with Gasteiger partial charge in [-0.25, -0.2) is 9.00 Å². The van der Waals surface area contributed by atoms with Gasteiger partial charge in [-0.1, -0.05) is 42.5 Å². The van der Waals surface area contributed by atoms with E-state index >= 15 is 0 Å². The van der Waals surface area contributed by atoms with Crippen LogP contribution in [0.4, 0.5) is 22.2 Å². The summed E-state index contributed by atoms with van der Waals surface area (Å²) in [7, 11) is -0.193. The second-order valence-electron chi connectivity index (χ2n) is 9.32. The van der Waals surface area contributed by atoms with Gasteiger partial charge >= 0.3 is 6.09 Å². The third-order valence-electron chi connectivity index (χ3n) is 6.24. The number of hydrogen-bond donors (Lipinski definition) is 2. The molecule has 4 aromatic rings. The van der Waals surface area contributed by atoms with Crippen molar-refractivity contribution < 1.29 is 32.7 Å². The van der Waals surface area contributed by atoms with E-state index in [4.69, 9.17) is 23.7 Å². The second-order valence-corrected chi connectivity index (χ2v) is 10.4. The summed E-state index contributed by atoms with van der Waals surface area (Å²) in [6.07, 6.45) is 4.16. The highest BCUT2D eigenvalue weighted by atomic mass is 32.2. The number of carbonyl (C=O) groups excluding carboxylic acids is 1. The van der Waals surface area contributed by atoms with Gasteiger partial charge in [0, 0.05) is 24.7 Å². The van der Waals surface area contributed by atoms with Gasteiger partial charge in [0.1, 0.15) is 24.2 Å². The van der Waals surface area contributed by atoms with Crippen LogP contribution in [0.2, 0.25) is 0 Å². The molecule has 0 saturated carbocycles. The van der Waals surface area contributed by atoms with Gasteiger partial charge in [-0.05, 0) is 35.9 Å². The Labute approximate surface area is 262 Å². The molecular weight excluding hydrogens is 600 g/mol. The van der Waals surface area contributed by atoms with Crippen LogP contribution >= 0.6 is 0 Å². The predicted octanol–water partition coefficient (Wildman–Crippen LogP) is 4.88. The number of pyridine rings is 1. The summed E-state index contributed by atoms with van der Waals surface area (Å²) in [6, 6.07) is 19.9. The highest BCUT2D eigenvalue weighted by molar-refractivity contribution is 7.89. The van der Waals surface area contributed by atoms with E-state index in [1.54, 1.807) is 48.7 Å². The van der Waals surface area contributed by atoms with Crippen molar-refractivity contribution >= 4 is 40.6 Å². The normalized spacial score (nSPS) is 13.6. The molecule has 2 N–H and O–H groups in total. The number of benzene rings is 2. The van der Waals surface area contributed by atoms with E-state index < -0.39 is 17.1 Å². The first-order valence-corrected chi connectivity index (χ1v) is 15.2. The first-order chi connectivity index (χ1) is 22.1. The lowest BCUT2D eigenvalue weighted by Gasteiger charge is -2.28. The Morgan fingerprint density at radius 1 is 1.00 bits per heavy atom. The number of nitrogens with zero attached hydrogens (tertiary/aromatic N) is 4. The number of carbonyl (C=O) groups is 1. The molecule has 5 rings (SSSR count). The monoisotopic (exact) mass is 632 g/mol. The van der Waals surface area contributed by atoms with Crippen molar-refractivity contribution in [3.8, 4) is 23.1 Å². The molecule has 1 aliphatic rings. The van der Waals surface area contributed by atoms with Crippen LogP contribution in [0.3, 0.4) is 0 Å². The molecule has 14 heteroatoms. The van der Waals surface area contributed by atoms with E-state index in [9.17, 15) is 9.00 Å². The van der Waals surface area contributed by atoms with Crippen LogP contribution in [0.25, 0.3) is 6.08 Å². The molecule has 234 valence electrons. The number of hydrogen-bond acceptors (Lipinski definition) is 11. The van der Waals surface area contributed by atoms with Crippen LogP contribution in [-0.2, 0) is 20.5 Å². The number of para-hydroxylation sites is 2. The number of amides is 1. The Balaban J connectivity index is 1.41. The van der Waals surface area contributed by atoms with Gasteiger partial charge in [0.15, 0.2) is 17.3 Å². The van der Waals surface area contributed by atoms with Crippen molar-refractivity contribution in [2.75, 3.05) is 61.6 Å². The number of anilines is 3. The van der Waals surface area contributed by atoms with E-state index in [2.05, 4.69) is 25.0 Å². The van der Waals surface area contributed by atoms with Crippen LogP contribution in [0.15, 0.2) is 84.5 Å². The maximum Gasteiger partial charge on any atom is 0.411 e. The summed E-state index contributed by atoms with van der Waals surface area (Å²) in [5, 5.41) is 4.10. The summed E-state index contributed by atoms with van der Waals surface area (Å²) in [4.78, 5) is 27.5. The number of morpholine rings is 1. The zero-order chi connectivity index (χ0) is 31.3. The van der Waals surface area contributed by atoms with Crippen LogP contribution < -0.4 is 29.1 Å². The van der Waals surface area contributed by atoms with E-state index in [0.29, 0.717) is 49.4 Å². The lowest BCUT2D eigenvalue weighted by molar-refractivity contribution is 0.121. The molecule has 1 aliphatic heterocycles. The maximum absolute atomic E-state index is 13.2. The first kappa shape index (κ1) is 31.2. The number of nitrogens with one attached hydrogen (secondary N) is 2. The van der Waals surface area contributed by atoms with E-state index in [1.165, 1.54) is 18.7 Å². The molecular formula is C31H32N6O7S. The molecule has 3 heterocycles. The maximum atomic E-state index is 13.2. The molecule has 0 radical (unpaired) electrons. The van der Waals surface area contributed by atoms with Gasteiger partial charge in [-0.3, -0.25) is 15.0 Å². The largest absolute Gasteiger partial charge is 0.493 e. The van der Waals surface area contributed by atoms with E-state index in [0.717, 1.165) is 5.56 Å². The van der Waals surface area contributed by atoms with Gasteiger partial charge in [-0.2, -0.15) is 9.97 Å². The van der Waals surface area contributed by atoms with Gasteiger partial charge in [-0.15, -0.1) is 0 Å². The number of rotatable bonds is 13. The van der Waals surface area contributed by atoms with Gasteiger partial charge in [0.25, 0.3) is 5.88 Å². The zero-order valence-corrected chi connectivity index (χ0v) is 25.3. The Hall–Kier alpha value is -5.21. The molecule has 45 heavy (non-hydrogen) atoms. The van der Waals surface area contributed by atoms with Crippen LogP contribution in [0.1, 0.15) is 5.56 Å². The predicted molar refractivity (Wildman–Crippen MR) is 170 cm³/mol. The number of ether oxygens (including phenoxy) is 5. The topological polar surface area (TPSA) is 146 Å². The fraction of sp³-hybridized carbons (Fsp3) is 0.226. The van der Waals surface area contributed by atoms with Crippen molar-refractivity contribution in [3.05, 3.63) is 90.1 Å². The smallest absolute Gasteiger partial charge is 0.411 e. The van der Waals surface area contributed by atoms with Crippen LogP contribution in [0.5, 0.6) is 23.1 Å². The molecule has 0 spiro atoms. The fourth-order valence-electron chi connectivity index (χ4n) is 4.09. The quantitative estimate of drug-likeness (QED) is 0.194. The molecule has 1 amide bonds. The average Bonchev–Trinajstić information content (AvgIpc) is 3.08. The average molecular weight is 633 g/mol. The third kappa shape index (κ3) is 9.14. The van der Waals surface area contributed by atoms with Crippen molar-refractivity contribution in [2.24, 2.45) is 0 Å². The molecule has 0 bridgehead atoms. The van der Waals surface area contributed by atoms with Crippen molar-refractivity contribution in [1.82, 2.24) is 15.0 Å². The van der Waals surface area contributed by atoms with E-state index in [-0.39, 0.29) is 30.7 Å². The minimum absolute atomic E-state index is 0.0419. The molecule has 1 atom stereocenters. The Bertz CT molecular complexity index is 1610. The van der Waals surface area contributed by atoms with Crippen LogP contribution in [-0.4, -0.2) is 71.9 Å². The minimum atomic E-state index is -1.72. The molecule has 1 unspecified atom stereocenters. The third-order valence-corrected chi connectivity index (χ3v) is 7.02. The Kier molecular flexibility index (Phi) is 11.1. The zero-order valence-electron chi connectivity index (χ0n) is 24.5.